The van der Waals surface area contributed by atoms with E-state index in [4.69, 9.17) is 16.3 Å². The van der Waals surface area contributed by atoms with Gasteiger partial charge in [0, 0.05) is 12.3 Å². The summed E-state index contributed by atoms with van der Waals surface area (Å²) in [4.78, 5) is 11.2. The minimum absolute atomic E-state index is 0. The molecule has 0 radical (unpaired) electrons. The van der Waals surface area contributed by atoms with E-state index < -0.39 is 5.69 Å². The summed E-state index contributed by atoms with van der Waals surface area (Å²) < 4.78 is 4.91. The average Bonchev–Trinajstić information content (AvgIpc) is 1.87. The summed E-state index contributed by atoms with van der Waals surface area (Å²) in [6.07, 6.45) is 2.16. The van der Waals surface area contributed by atoms with Crippen molar-refractivity contribution in [1.82, 2.24) is 0 Å². The van der Waals surface area contributed by atoms with Crippen LogP contribution in [0.1, 0.15) is 26.7 Å². The van der Waals surface area contributed by atoms with Crippen LogP contribution in [0, 0.1) is 0 Å². The molecule has 68 valence electrons. The second-order valence-corrected chi connectivity index (χ2v) is 8.22. The maximum absolute atomic E-state index is 11.2. The number of unbranched alkanes of at least 4 members (excludes halogenated alkanes) is 1. The van der Waals surface area contributed by atoms with Gasteiger partial charge in [0.15, 0.2) is 0 Å². The van der Waals surface area contributed by atoms with Gasteiger partial charge in [0.25, 0.3) is 0 Å². The molecule has 0 aliphatic heterocycles. The zero-order valence-corrected chi connectivity index (χ0v) is 12.4. The van der Waals surface area contributed by atoms with Gasteiger partial charge in [-0.1, -0.05) is 25.2 Å². The number of hydrogen-bond acceptors (Lipinski definition) is 4. The first-order chi connectivity index (χ1) is 5.12. The molecule has 0 fully saturated rings. The number of rotatable bonds is 6. The van der Waals surface area contributed by atoms with Crippen LogP contribution in [0.3, 0.4) is 0 Å². The summed E-state index contributed by atoms with van der Waals surface area (Å²) in [7, 11) is 0. The second kappa shape index (κ2) is 9.47. The third-order valence-electron chi connectivity index (χ3n) is 1.03. The molecule has 0 amide bonds. The molecule has 0 N–H and O–H groups in total. The molecule has 0 spiro atoms. The van der Waals surface area contributed by atoms with Crippen molar-refractivity contribution in [2.75, 3.05) is 12.4 Å². The molecule has 6 heteroatoms. The third-order valence-corrected chi connectivity index (χ3v) is 5.47. The molecule has 0 aliphatic rings. The molecular weight excluding hydrogens is 222 g/mol. The van der Waals surface area contributed by atoms with Gasteiger partial charge < -0.3 is 9.42 Å². The van der Waals surface area contributed by atoms with Crippen LogP contribution in [0.5, 0.6) is 0 Å². The normalized spacial score (nSPS) is 14.9. The molecule has 12 heavy (non-hydrogen) atoms. The van der Waals surface area contributed by atoms with Crippen molar-refractivity contribution in [2.24, 2.45) is 0 Å². The molecule has 0 aromatic carbocycles. The maximum Gasteiger partial charge on any atom is 1.00 e. The van der Waals surface area contributed by atoms with Crippen LogP contribution in [0.2, 0.25) is 0 Å². The van der Waals surface area contributed by atoms with Gasteiger partial charge in [-0.3, -0.25) is 0 Å². The SMILES string of the molecule is CCCCSP([O-])(=S)OCC.[Na+]. The molecule has 1 unspecified atom stereocenters. The van der Waals surface area contributed by atoms with Crippen molar-refractivity contribution in [1.29, 1.82) is 0 Å². The standard InChI is InChI=1S/C6H15O2PS2.Na/c1-3-5-6-11-9(7,10)8-4-2;/h3-6H2,1-2H3,(H,7,10);/q;+1/p-1. The van der Waals surface area contributed by atoms with Crippen molar-refractivity contribution in [2.45, 2.75) is 26.7 Å². The molecular formula is C6H14NaO2PS2. The van der Waals surface area contributed by atoms with Gasteiger partial charge in [0.1, 0.15) is 0 Å². The van der Waals surface area contributed by atoms with Crippen LogP contribution in [0.15, 0.2) is 0 Å². The van der Waals surface area contributed by atoms with Gasteiger partial charge in [-0.2, -0.15) is 0 Å². The molecule has 0 aliphatic carbocycles. The summed E-state index contributed by atoms with van der Waals surface area (Å²) in [5.41, 5.74) is -2.72. The summed E-state index contributed by atoms with van der Waals surface area (Å²) in [5, 5.41) is 0. The summed E-state index contributed by atoms with van der Waals surface area (Å²) in [6.45, 7) is 4.34. The van der Waals surface area contributed by atoms with Gasteiger partial charge >= 0.3 is 29.6 Å². The first-order valence-corrected chi connectivity index (χ1v) is 7.95. The monoisotopic (exact) mass is 236 g/mol. The van der Waals surface area contributed by atoms with E-state index in [1.807, 2.05) is 0 Å². The quantitative estimate of drug-likeness (QED) is 0.341. The van der Waals surface area contributed by atoms with E-state index in [1.54, 1.807) is 6.92 Å². The fourth-order valence-electron chi connectivity index (χ4n) is 0.516. The van der Waals surface area contributed by atoms with E-state index >= 15 is 0 Å². The Balaban J connectivity index is 0. The van der Waals surface area contributed by atoms with Crippen molar-refractivity contribution in [3.05, 3.63) is 0 Å². The Kier molecular flexibility index (Phi) is 12.9. The van der Waals surface area contributed by atoms with Gasteiger partial charge in [-0.05, 0) is 19.1 Å². The van der Waals surface area contributed by atoms with Crippen molar-refractivity contribution >= 4 is 28.9 Å². The molecule has 1 atom stereocenters. The van der Waals surface area contributed by atoms with Crippen molar-refractivity contribution < 1.29 is 39.0 Å². The van der Waals surface area contributed by atoms with E-state index in [9.17, 15) is 4.89 Å². The molecule has 0 bridgehead atoms. The predicted octanol–water partition coefficient (Wildman–Crippen LogP) is -0.855. The minimum Gasteiger partial charge on any atom is -0.793 e. The fraction of sp³-hybridized carbons (Fsp3) is 1.00. The smallest absolute Gasteiger partial charge is 0.793 e. The minimum atomic E-state index is -2.72. The van der Waals surface area contributed by atoms with Gasteiger partial charge in [-0.25, -0.2) is 0 Å². The maximum atomic E-state index is 11.2. The third kappa shape index (κ3) is 10.0. The molecule has 2 nitrogen and oxygen atoms in total. The Labute approximate surface area is 106 Å². The van der Waals surface area contributed by atoms with Gasteiger partial charge in [-0.15, -0.1) is 11.4 Å². The van der Waals surface area contributed by atoms with Crippen LogP contribution >= 0.6 is 17.1 Å². The molecule has 0 saturated heterocycles. The van der Waals surface area contributed by atoms with Crippen LogP contribution in [-0.2, 0) is 16.3 Å². The van der Waals surface area contributed by atoms with Crippen molar-refractivity contribution in [3.63, 3.8) is 0 Å². The zero-order valence-electron chi connectivity index (χ0n) is 7.91. The van der Waals surface area contributed by atoms with Gasteiger partial charge in [0.2, 0.25) is 0 Å². The van der Waals surface area contributed by atoms with E-state index in [0.29, 0.717) is 6.61 Å². The predicted molar refractivity (Wildman–Crippen MR) is 53.3 cm³/mol. The van der Waals surface area contributed by atoms with E-state index in [2.05, 4.69) is 6.92 Å². The van der Waals surface area contributed by atoms with E-state index in [0.717, 1.165) is 18.6 Å². The number of hydrogen-bond donors (Lipinski definition) is 0. The Morgan fingerprint density at radius 3 is 2.50 bits per heavy atom. The Hall–Kier alpha value is 1.92. The molecule has 0 aromatic heterocycles. The van der Waals surface area contributed by atoms with E-state index in [-0.39, 0.29) is 29.6 Å². The summed E-state index contributed by atoms with van der Waals surface area (Å²) >= 11 is 6.03. The summed E-state index contributed by atoms with van der Waals surface area (Å²) in [5.74, 6) is 0.845. The largest absolute Gasteiger partial charge is 1.00 e. The first kappa shape index (κ1) is 16.4. The summed E-state index contributed by atoms with van der Waals surface area (Å²) in [6, 6.07) is 0. The Bertz CT molecular complexity index is 146. The van der Waals surface area contributed by atoms with E-state index in [1.165, 1.54) is 11.4 Å². The first-order valence-electron chi connectivity index (χ1n) is 3.72. The topological polar surface area (TPSA) is 32.3 Å². The molecule has 0 saturated carbocycles. The Morgan fingerprint density at radius 2 is 2.08 bits per heavy atom. The van der Waals surface area contributed by atoms with Crippen LogP contribution in [-0.4, -0.2) is 12.4 Å². The molecule has 0 aromatic rings. The second-order valence-electron chi connectivity index (χ2n) is 2.05. The van der Waals surface area contributed by atoms with Crippen LogP contribution in [0.25, 0.3) is 0 Å². The van der Waals surface area contributed by atoms with Crippen LogP contribution in [0.4, 0.5) is 0 Å². The Morgan fingerprint density at radius 1 is 1.50 bits per heavy atom. The fourth-order valence-corrected chi connectivity index (χ4v) is 4.13. The molecule has 0 rings (SSSR count). The zero-order chi connectivity index (χ0) is 8.74. The molecule has 0 heterocycles. The average molecular weight is 236 g/mol. The van der Waals surface area contributed by atoms with Crippen LogP contribution < -0.4 is 34.5 Å². The van der Waals surface area contributed by atoms with Gasteiger partial charge in [0.05, 0.1) is 0 Å². The van der Waals surface area contributed by atoms with Crippen molar-refractivity contribution in [3.8, 4) is 0 Å².